The average molecular weight is 329 g/mol. The van der Waals surface area contributed by atoms with Crippen LogP contribution in [-0.4, -0.2) is 18.3 Å². The topological polar surface area (TPSA) is 55.4 Å². The van der Waals surface area contributed by atoms with E-state index in [9.17, 15) is 14.0 Å². The number of carbonyl (C=O) groups is 2. The normalized spacial score (nSPS) is 10.2. The first-order chi connectivity index (χ1) is 11.6. The fourth-order valence-corrected chi connectivity index (χ4v) is 2.10. The summed E-state index contributed by atoms with van der Waals surface area (Å²) in [5, 5.41) is 2.46. The van der Waals surface area contributed by atoms with E-state index >= 15 is 0 Å². The fourth-order valence-electron chi connectivity index (χ4n) is 2.10. The fraction of sp³-hybridized carbons (Fsp3) is 0.263. The molecule has 0 unspecified atom stereocenters. The summed E-state index contributed by atoms with van der Waals surface area (Å²) >= 11 is 0. The Labute approximate surface area is 140 Å². The van der Waals surface area contributed by atoms with Gasteiger partial charge in [0.15, 0.2) is 5.78 Å². The Morgan fingerprint density at radius 2 is 1.75 bits per heavy atom. The van der Waals surface area contributed by atoms with Crippen molar-refractivity contribution in [2.75, 3.05) is 11.9 Å². The first-order valence-corrected chi connectivity index (χ1v) is 7.90. The van der Waals surface area contributed by atoms with Gasteiger partial charge in [0.25, 0.3) is 0 Å². The van der Waals surface area contributed by atoms with Crippen molar-refractivity contribution in [2.45, 2.75) is 26.2 Å². The molecule has 0 radical (unpaired) electrons. The summed E-state index contributed by atoms with van der Waals surface area (Å²) in [6, 6.07) is 12.8. The molecule has 0 aliphatic carbocycles. The zero-order valence-electron chi connectivity index (χ0n) is 13.5. The lowest BCUT2D eigenvalue weighted by Gasteiger charge is -2.07. The molecule has 126 valence electrons. The van der Waals surface area contributed by atoms with Crippen LogP contribution in [0.3, 0.4) is 0 Å². The quantitative estimate of drug-likeness (QED) is 0.738. The Kier molecular flexibility index (Phi) is 6.49. The number of ether oxygens (including phenoxy) is 1. The van der Waals surface area contributed by atoms with Gasteiger partial charge in [-0.2, -0.15) is 0 Å². The van der Waals surface area contributed by atoms with Crippen molar-refractivity contribution >= 4 is 17.4 Å². The molecule has 0 aliphatic heterocycles. The van der Waals surface area contributed by atoms with Gasteiger partial charge in [0.1, 0.15) is 11.6 Å². The summed E-state index contributed by atoms with van der Waals surface area (Å²) in [5.41, 5.74) is 0.643. The predicted molar refractivity (Wildman–Crippen MR) is 90.8 cm³/mol. The molecule has 2 aromatic carbocycles. The lowest BCUT2D eigenvalue weighted by atomic mass is 10.1. The molecule has 0 saturated heterocycles. The van der Waals surface area contributed by atoms with Crippen LogP contribution < -0.4 is 10.1 Å². The van der Waals surface area contributed by atoms with E-state index in [1.807, 2.05) is 6.92 Å². The Bertz CT molecular complexity index is 698. The molecule has 0 heterocycles. The maximum Gasteiger partial charge on any atom is 0.224 e. The molecule has 0 aromatic heterocycles. The lowest BCUT2D eigenvalue weighted by Crippen LogP contribution is -2.14. The number of hydrogen-bond acceptors (Lipinski definition) is 3. The molecule has 2 rings (SSSR count). The Morgan fingerprint density at radius 1 is 1.04 bits per heavy atom. The summed E-state index contributed by atoms with van der Waals surface area (Å²) in [6.45, 7) is 2.65. The smallest absolute Gasteiger partial charge is 0.224 e. The van der Waals surface area contributed by atoms with Gasteiger partial charge in [0.2, 0.25) is 5.91 Å². The zero-order chi connectivity index (χ0) is 17.4. The van der Waals surface area contributed by atoms with Gasteiger partial charge < -0.3 is 10.1 Å². The van der Waals surface area contributed by atoms with Crippen LogP contribution in [0.4, 0.5) is 10.1 Å². The average Bonchev–Trinajstić information content (AvgIpc) is 2.60. The van der Waals surface area contributed by atoms with Crippen molar-refractivity contribution in [2.24, 2.45) is 0 Å². The van der Waals surface area contributed by atoms with Crippen LogP contribution in [0, 0.1) is 5.82 Å². The van der Waals surface area contributed by atoms with Crippen molar-refractivity contribution in [3.05, 3.63) is 59.9 Å². The predicted octanol–water partition coefficient (Wildman–Crippen LogP) is 4.22. The van der Waals surface area contributed by atoms with Crippen molar-refractivity contribution in [3.63, 3.8) is 0 Å². The Hall–Kier alpha value is -2.69. The first kappa shape index (κ1) is 17.7. The van der Waals surface area contributed by atoms with Crippen molar-refractivity contribution in [1.29, 1.82) is 0 Å². The highest BCUT2D eigenvalue weighted by molar-refractivity contribution is 6.00. The van der Waals surface area contributed by atoms with E-state index in [0.29, 0.717) is 17.9 Å². The second-order valence-electron chi connectivity index (χ2n) is 5.32. The largest absolute Gasteiger partial charge is 0.494 e. The van der Waals surface area contributed by atoms with E-state index in [1.165, 1.54) is 12.1 Å². The summed E-state index contributed by atoms with van der Waals surface area (Å²) < 4.78 is 18.9. The van der Waals surface area contributed by atoms with Gasteiger partial charge >= 0.3 is 0 Å². The van der Waals surface area contributed by atoms with Gasteiger partial charge in [0.05, 0.1) is 12.3 Å². The molecule has 0 saturated carbocycles. The molecule has 0 fully saturated rings. The molecular weight excluding hydrogens is 309 g/mol. The van der Waals surface area contributed by atoms with Crippen LogP contribution in [0.2, 0.25) is 0 Å². The van der Waals surface area contributed by atoms with E-state index in [4.69, 9.17) is 4.74 Å². The highest BCUT2D eigenvalue weighted by Gasteiger charge is 2.11. The van der Waals surface area contributed by atoms with Crippen LogP contribution >= 0.6 is 0 Å². The molecule has 1 amide bonds. The molecule has 24 heavy (non-hydrogen) atoms. The van der Waals surface area contributed by atoms with E-state index in [0.717, 1.165) is 6.42 Å². The number of Topliss-reactive ketones (excluding diaryl/α,β-unsaturated/α-hetero) is 1. The van der Waals surface area contributed by atoms with Crippen LogP contribution in [0.1, 0.15) is 36.5 Å². The molecular formula is C19H20FNO3. The van der Waals surface area contributed by atoms with Crippen molar-refractivity contribution < 1.29 is 18.7 Å². The van der Waals surface area contributed by atoms with Gasteiger partial charge in [-0.25, -0.2) is 4.39 Å². The number of hydrogen-bond donors (Lipinski definition) is 1. The monoisotopic (exact) mass is 329 g/mol. The van der Waals surface area contributed by atoms with Gasteiger partial charge in [0, 0.05) is 18.4 Å². The number of benzene rings is 2. The van der Waals surface area contributed by atoms with Crippen LogP contribution in [0.25, 0.3) is 0 Å². The lowest BCUT2D eigenvalue weighted by molar-refractivity contribution is -0.116. The summed E-state index contributed by atoms with van der Waals surface area (Å²) in [7, 11) is 0. The first-order valence-electron chi connectivity index (χ1n) is 7.90. The van der Waals surface area contributed by atoms with Gasteiger partial charge in [-0.15, -0.1) is 0 Å². The molecule has 0 aliphatic rings. The second kappa shape index (κ2) is 8.82. The molecule has 1 N–H and O–H groups in total. The molecule has 0 bridgehead atoms. The third kappa shape index (κ3) is 5.19. The van der Waals surface area contributed by atoms with Crippen LogP contribution in [0.15, 0.2) is 48.5 Å². The molecule has 2 aromatic rings. The highest BCUT2D eigenvalue weighted by atomic mass is 19.1. The Balaban J connectivity index is 1.84. The number of ketones is 1. The van der Waals surface area contributed by atoms with Gasteiger partial charge in [-0.1, -0.05) is 19.1 Å². The number of carbonyl (C=O) groups excluding carboxylic acids is 2. The van der Waals surface area contributed by atoms with Crippen LogP contribution in [0.5, 0.6) is 5.75 Å². The van der Waals surface area contributed by atoms with Crippen LogP contribution in [-0.2, 0) is 4.79 Å². The number of para-hydroxylation sites is 1. The Morgan fingerprint density at radius 3 is 2.42 bits per heavy atom. The molecule has 0 spiro atoms. The minimum Gasteiger partial charge on any atom is -0.494 e. The third-order valence-electron chi connectivity index (χ3n) is 3.38. The van der Waals surface area contributed by atoms with E-state index in [-0.39, 0.29) is 24.3 Å². The van der Waals surface area contributed by atoms with E-state index in [2.05, 4.69) is 5.32 Å². The minimum atomic E-state index is -0.500. The number of halogens is 1. The number of nitrogens with one attached hydrogen (secondary N) is 1. The number of rotatable bonds is 8. The summed E-state index contributed by atoms with van der Waals surface area (Å²) in [5.74, 6) is -0.317. The minimum absolute atomic E-state index is 0.00124. The van der Waals surface area contributed by atoms with E-state index < -0.39 is 11.7 Å². The third-order valence-corrected chi connectivity index (χ3v) is 3.38. The highest BCUT2D eigenvalue weighted by Crippen LogP contribution is 2.16. The van der Waals surface area contributed by atoms with Crippen molar-refractivity contribution in [3.8, 4) is 5.75 Å². The van der Waals surface area contributed by atoms with Gasteiger partial charge in [-0.3, -0.25) is 9.59 Å². The molecule has 4 nitrogen and oxygen atoms in total. The number of amides is 1. The van der Waals surface area contributed by atoms with E-state index in [1.54, 1.807) is 36.4 Å². The molecule has 0 atom stereocenters. The summed E-state index contributed by atoms with van der Waals surface area (Å²) in [6.07, 6.45) is 0.981. The second-order valence-corrected chi connectivity index (χ2v) is 5.32. The summed E-state index contributed by atoms with van der Waals surface area (Å²) in [4.78, 5) is 23.9. The van der Waals surface area contributed by atoms with Crippen molar-refractivity contribution in [1.82, 2.24) is 0 Å². The van der Waals surface area contributed by atoms with Gasteiger partial charge in [-0.05, 0) is 42.8 Å². The maximum atomic E-state index is 13.4. The SMILES string of the molecule is CCCOc1ccc(C(=O)CCC(=O)Nc2ccccc2F)cc1. The standard InChI is InChI=1S/C19H20FNO3/c1-2-13-24-15-9-7-14(8-10-15)18(22)11-12-19(23)21-17-6-4-3-5-16(17)20/h3-10H,2,11-13H2,1H3,(H,21,23). The zero-order valence-corrected chi connectivity index (χ0v) is 13.5. The molecule has 5 heteroatoms. The number of anilines is 1. The maximum absolute atomic E-state index is 13.4.